The summed E-state index contributed by atoms with van der Waals surface area (Å²) >= 11 is 1.72. The van der Waals surface area contributed by atoms with Crippen molar-refractivity contribution in [2.24, 2.45) is 0 Å². The molecule has 0 aromatic heterocycles. The molecule has 0 atom stereocenters. The lowest BCUT2D eigenvalue weighted by molar-refractivity contribution is -0.116. The van der Waals surface area contributed by atoms with Crippen molar-refractivity contribution in [3.8, 4) is 0 Å². The molecule has 0 heterocycles. The van der Waals surface area contributed by atoms with Gasteiger partial charge >= 0.3 is 5.97 Å². The van der Waals surface area contributed by atoms with Gasteiger partial charge in [0.05, 0.1) is 12.7 Å². The fourth-order valence-corrected chi connectivity index (χ4v) is 2.27. The molecule has 0 aliphatic carbocycles. The lowest BCUT2D eigenvalue weighted by atomic mass is 10.1. The molecule has 0 amide bonds. The van der Waals surface area contributed by atoms with Gasteiger partial charge in [-0.2, -0.15) is 11.8 Å². The summed E-state index contributed by atoms with van der Waals surface area (Å²) in [4.78, 5) is 21.9. The normalized spacial score (nSPS) is 10.0. The fraction of sp³-hybridized carbons (Fsp3) is 0.385. The molecule has 0 aliphatic rings. The number of esters is 1. The maximum atomic E-state index is 11.2. The second-order valence-electron chi connectivity index (χ2n) is 3.69. The Morgan fingerprint density at radius 3 is 2.41 bits per heavy atom. The molecule has 0 fully saturated rings. The van der Waals surface area contributed by atoms with Crippen molar-refractivity contribution in [2.45, 2.75) is 19.1 Å². The highest BCUT2D eigenvalue weighted by Crippen LogP contribution is 2.14. The number of carbonyl (C=O) groups is 2. The first-order valence-corrected chi connectivity index (χ1v) is 6.53. The third-order valence-electron chi connectivity index (χ3n) is 2.24. The molecule has 0 N–H and O–H groups in total. The molecule has 0 saturated carbocycles. The van der Waals surface area contributed by atoms with Crippen LogP contribution in [0.3, 0.4) is 0 Å². The quantitative estimate of drug-likeness (QED) is 0.576. The number of ketones is 1. The number of thioether (sulfide) groups is 1. The summed E-state index contributed by atoms with van der Waals surface area (Å²) in [6, 6.07) is 7.33. The molecule has 0 radical (unpaired) electrons. The van der Waals surface area contributed by atoms with Gasteiger partial charge < -0.3 is 4.74 Å². The van der Waals surface area contributed by atoms with Gasteiger partial charge in [-0.1, -0.05) is 12.1 Å². The maximum Gasteiger partial charge on any atom is 0.337 e. The molecule has 0 aliphatic heterocycles. The Bertz CT molecular complexity index is 384. The van der Waals surface area contributed by atoms with Crippen LogP contribution < -0.4 is 0 Å². The van der Waals surface area contributed by atoms with Gasteiger partial charge in [0.1, 0.15) is 5.78 Å². The third kappa shape index (κ3) is 5.04. The zero-order chi connectivity index (χ0) is 12.7. The highest BCUT2D eigenvalue weighted by molar-refractivity contribution is 7.98. The van der Waals surface area contributed by atoms with E-state index < -0.39 is 0 Å². The Kier molecular flexibility index (Phi) is 5.77. The Labute approximate surface area is 106 Å². The lowest BCUT2D eigenvalue weighted by Gasteiger charge is -2.02. The van der Waals surface area contributed by atoms with Gasteiger partial charge in [-0.15, -0.1) is 0 Å². The SMILES string of the molecule is COC(=O)c1ccc(CSCCC(C)=O)cc1. The average molecular weight is 252 g/mol. The second-order valence-corrected chi connectivity index (χ2v) is 4.80. The summed E-state index contributed by atoms with van der Waals surface area (Å²) < 4.78 is 4.62. The minimum absolute atomic E-state index is 0.221. The van der Waals surface area contributed by atoms with Crippen LogP contribution in [0.1, 0.15) is 29.3 Å². The summed E-state index contributed by atoms with van der Waals surface area (Å²) in [6.45, 7) is 1.60. The summed E-state index contributed by atoms with van der Waals surface area (Å²) in [7, 11) is 1.37. The Balaban J connectivity index is 2.40. The smallest absolute Gasteiger partial charge is 0.337 e. The standard InChI is InChI=1S/C13H16O3S/c1-10(14)7-8-17-9-11-3-5-12(6-4-11)13(15)16-2/h3-6H,7-9H2,1-2H3. The van der Waals surface area contributed by atoms with Crippen LogP contribution in [0.15, 0.2) is 24.3 Å². The predicted octanol–water partition coefficient (Wildman–Crippen LogP) is 2.69. The van der Waals surface area contributed by atoms with E-state index in [0.717, 1.165) is 17.1 Å². The molecule has 4 heteroatoms. The van der Waals surface area contributed by atoms with E-state index in [1.54, 1.807) is 30.8 Å². The molecule has 0 saturated heterocycles. The van der Waals surface area contributed by atoms with Crippen LogP contribution in [0.5, 0.6) is 0 Å². The first-order chi connectivity index (χ1) is 8.13. The lowest BCUT2D eigenvalue weighted by Crippen LogP contribution is -2.00. The van der Waals surface area contributed by atoms with Crippen molar-refractivity contribution in [1.82, 2.24) is 0 Å². The van der Waals surface area contributed by atoms with Crippen LogP contribution in [0.4, 0.5) is 0 Å². The van der Waals surface area contributed by atoms with Gasteiger partial charge in [-0.3, -0.25) is 4.79 Å². The molecule has 1 aromatic rings. The number of hydrogen-bond donors (Lipinski definition) is 0. The highest BCUT2D eigenvalue weighted by Gasteiger charge is 2.04. The molecule has 0 bridgehead atoms. The van der Waals surface area contributed by atoms with Crippen LogP contribution in [0.25, 0.3) is 0 Å². The van der Waals surface area contributed by atoms with E-state index in [0.29, 0.717) is 12.0 Å². The zero-order valence-corrected chi connectivity index (χ0v) is 10.9. The zero-order valence-electron chi connectivity index (χ0n) is 10.1. The predicted molar refractivity (Wildman–Crippen MR) is 69.2 cm³/mol. The van der Waals surface area contributed by atoms with Crippen molar-refractivity contribution in [1.29, 1.82) is 0 Å². The molecule has 0 spiro atoms. The molecule has 3 nitrogen and oxygen atoms in total. The van der Waals surface area contributed by atoms with Gasteiger partial charge in [0.15, 0.2) is 0 Å². The van der Waals surface area contributed by atoms with E-state index >= 15 is 0 Å². The van der Waals surface area contributed by atoms with E-state index in [1.165, 1.54) is 7.11 Å². The van der Waals surface area contributed by atoms with Crippen molar-refractivity contribution in [3.05, 3.63) is 35.4 Å². The van der Waals surface area contributed by atoms with Gasteiger partial charge in [0, 0.05) is 17.9 Å². The Morgan fingerprint density at radius 1 is 1.24 bits per heavy atom. The first kappa shape index (κ1) is 13.8. The van der Waals surface area contributed by atoms with Gasteiger partial charge in [-0.25, -0.2) is 4.79 Å². The molecule has 1 aromatic carbocycles. The number of benzene rings is 1. The molecule has 92 valence electrons. The largest absolute Gasteiger partial charge is 0.465 e. The Morgan fingerprint density at radius 2 is 1.88 bits per heavy atom. The van der Waals surface area contributed by atoms with Crippen molar-refractivity contribution >= 4 is 23.5 Å². The topological polar surface area (TPSA) is 43.4 Å². The monoisotopic (exact) mass is 252 g/mol. The highest BCUT2D eigenvalue weighted by atomic mass is 32.2. The average Bonchev–Trinajstić information content (AvgIpc) is 2.34. The van der Waals surface area contributed by atoms with E-state index in [2.05, 4.69) is 4.74 Å². The van der Waals surface area contributed by atoms with Crippen LogP contribution in [0.2, 0.25) is 0 Å². The van der Waals surface area contributed by atoms with Crippen LogP contribution in [-0.4, -0.2) is 24.6 Å². The van der Waals surface area contributed by atoms with E-state index in [9.17, 15) is 9.59 Å². The number of hydrogen-bond acceptors (Lipinski definition) is 4. The minimum Gasteiger partial charge on any atom is -0.465 e. The first-order valence-electron chi connectivity index (χ1n) is 5.38. The van der Waals surface area contributed by atoms with Crippen molar-refractivity contribution in [2.75, 3.05) is 12.9 Å². The Hall–Kier alpha value is -1.29. The maximum absolute atomic E-state index is 11.2. The number of methoxy groups -OCH3 is 1. The molecule has 0 unspecified atom stereocenters. The summed E-state index contributed by atoms with van der Waals surface area (Å²) in [5.41, 5.74) is 1.70. The van der Waals surface area contributed by atoms with Crippen molar-refractivity contribution in [3.63, 3.8) is 0 Å². The molecule has 1 rings (SSSR count). The van der Waals surface area contributed by atoms with E-state index in [4.69, 9.17) is 0 Å². The number of Topliss-reactive ketones (excluding diaryl/α,β-unsaturated/α-hetero) is 1. The third-order valence-corrected chi connectivity index (χ3v) is 3.27. The second kappa shape index (κ2) is 7.12. The fourth-order valence-electron chi connectivity index (χ4n) is 1.26. The van der Waals surface area contributed by atoms with Crippen LogP contribution in [0, 0.1) is 0 Å². The summed E-state index contributed by atoms with van der Waals surface area (Å²) in [6.07, 6.45) is 0.616. The summed E-state index contributed by atoms with van der Waals surface area (Å²) in [5, 5.41) is 0. The molecule has 17 heavy (non-hydrogen) atoms. The van der Waals surface area contributed by atoms with E-state index in [-0.39, 0.29) is 11.8 Å². The van der Waals surface area contributed by atoms with Crippen LogP contribution >= 0.6 is 11.8 Å². The van der Waals surface area contributed by atoms with Gasteiger partial charge in [0.25, 0.3) is 0 Å². The van der Waals surface area contributed by atoms with Crippen molar-refractivity contribution < 1.29 is 14.3 Å². The number of rotatable bonds is 6. The minimum atomic E-state index is -0.319. The number of carbonyl (C=O) groups excluding carboxylic acids is 2. The van der Waals surface area contributed by atoms with Gasteiger partial charge in [0.2, 0.25) is 0 Å². The molecular weight excluding hydrogens is 236 g/mol. The number of ether oxygens (including phenoxy) is 1. The van der Waals surface area contributed by atoms with Crippen LogP contribution in [-0.2, 0) is 15.3 Å². The van der Waals surface area contributed by atoms with E-state index in [1.807, 2.05) is 12.1 Å². The summed E-state index contributed by atoms with van der Waals surface area (Å²) in [5.74, 6) is 1.60. The van der Waals surface area contributed by atoms with Gasteiger partial charge in [-0.05, 0) is 24.6 Å². The molecular formula is C13H16O3S.